The quantitative estimate of drug-likeness (QED) is 0.602. The van der Waals surface area contributed by atoms with Gasteiger partial charge in [0.2, 0.25) is 5.82 Å². The second-order valence-corrected chi connectivity index (χ2v) is 4.24. The molecule has 0 aliphatic carbocycles. The molecule has 1 heterocycles. The highest BCUT2D eigenvalue weighted by molar-refractivity contribution is 5.37. The molecule has 0 atom stereocenters. The second-order valence-electron chi connectivity index (χ2n) is 4.24. The maximum absolute atomic E-state index is 13.4. The van der Waals surface area contributed by atoms with Crippen molar-refractivity contribution in [1.29, 1.82) is 0 Å². The van der Waals surface area contributed by atoms with E-state index >= 15 is 0 Å². The van der Waals surface area contributed by atoms with Crippen LogP contribution in [-0.4, -0.2) is 14.5 Å². The molecular weight excluding hydrogens is 265 g/mol. The van der Waals surface area contributed by atoms with E-state index in [4.69, 9.17) is 4.74 Å². The van der Waals surface area contributed by atoms with E-state index in [0.29, 0.717) is 0 Å². The number of nitrogens with zero attached hydrogens (tertiary/aromatic N) is 3. The van der Waals surface area contributed by atoms with E-state index in [1.54, 1.807) is 12.5 Å². The topological polar surface area (TPSA) is 70.2 Å². The summed E-state index contributed by atoms with van der Waals surface area (Å²) < 4.78 is 20.8. The number of aromatic nitrogens is 2. The first-order valence-electron chi connectivity index (χ1n) is 6.17. The van der Waals surface area contributed by atoms with Gasteiger partial charge >= 0.3 is 5.69 Å². The highest BCUT2D eigenvalue weighted by Gasteiger charge is 2.14. The Kier molecular flexibility index (Phi) is 4.29. The van der Waals surface area contributed by atoms with Crippen LogP contribution in [0.5, 0.6) is 5.75 Å². The lowest BCUT2D eigenvalue weighted by atomic mass is 10.3. The lowest BCUT2D eigenvalue weighted by Gasteiger charge is -2.08. The molecule has 6 nitrogen and oxygen atoms in total. The van der Waals surface area contributed by atoms with Crippen molar-refractivity contribution < 1.29 is 14.1 Å². The number of hydrogen-bond donors (Lipinski definition) is 0. The van der Waals surface area contributed by atoms with Crippen molar-refractivity contribution in [3.8, 4) is 5.75 Å². The normalized spacial score (nSPS) is 10.5. The van der Waals surface area contributed by atoms with Crippen molar-refractivity contribution in [2.45, 2.75) is 26.5 Å². The van der Waals surface area contributed by atoms with Gasteiger partial charge in [0, 0.05) is 18.7 Å². The lowest BCUT2D eigenvalue weighted by molar-refractivity contribution is -0.387. The Morgan fingerprint density at radius 2 is 2.30 bits per heavy atom. The van der Waals surface area contributed by atoms with E-state index in [2.05, 4.69) is 11.9 Å². The van der Waals surface area contributed by atoms with Gasteiger partial charge in [-0.3, -0.25) is 10.1 Å². The molecule has 0 radical (unpaired) electrons. The maximum atomic E-state index is 13.4. The highest BCUT2D eigenvalue weighted by atomic mass is 19.1. The summed E-state index contributed by atoms with van der Waals surface area (Å²) in [6.45, 7) is 3.11. The van der Waals surface area contributed by atoms with E-state index in [0.717, 1.165) is 30.8 Å². The minimum atomic E-state index is -0.908. The van der Waals surface area contributed by atoms with E-state index in [1.807, 2.05) is 4.57 Å². The smallest absolute Gasteiger partial charge is 0.305 e. The first-order valence-corrected chi connectivity index (χ1v) is 6.17. The SMILES string of the molecule is CCCn1cncc1COc1ccc([N+](=O)[O-])c(F)c1. The van der Waals surface area contributed by atoms with E-state index in [9.17, 15) is 14.5 Å². The summed E-state index contributed by atoms with van der Waals surface area (Å²) >= 11 is 0. The standard InChI is InChI=1S/C13H14FN3O3/c1-2-5-16-9-15-7-10(16)8-20-11-3-4-13(17(18)19)12(14)6-11/h3-4,6-7,9H,2,5,8H2,1H3. The van der Waals surface area contributed by atoms with Gasteiger partial charge in [-0.1, -0.05) is 6.92 Å². The Balaban J connectivity index is 2.05. The predicted molar refractivity (Wildman–Crippen MR) is 69.9 cm³/mol. The summed E-state index contributed by atoms with van der Waals surface area (Å²) in [5, 5.41) is 10.5. The van der Waals surface area contributed by atoms with Gasteiger partial charge in [-0.25, -0.2) is 4.98 Å². The van der Waals surface area contributed by atoms with Crippen LogP contribution in [0, 0.1) is 15.9 Å². The van der Waals surface area contributed by atoms with E-state index in [-0.39, 0.29) is 12.4 Å². The number of nitro groups is 1. The molecule has 2 rings (SSSR count). The fourth-order valence-electron chi connectivity index (χ4n) is 1.79. The van der Waals surface area contributed by atoms with Crippen LogP contribution >= 0.6 is 0 Å². The van der Waals surface area contributed by atoms with Crippen molar-refractivity contribution in [1.82, 2.24) is 9.55 Å². The van der Waals surface area contributed by atoms with Crippen LogP contribution in [0.15, 0.2) is 30.7 Å². The van der Waals surface area contributed by atoms with Crippen LogP contribution in [-0.2, 0) is 13.2 Å². The third-order valence-corrected chi connectivity index (χ3v) is 2.77. The van der Waals surface area contributed by atoms with Gasteiger partial charge in [0.05, 0.1) is 23.1 Å². The summed E-state index contributed by atoms with van der Waals surface area (Å²) in [5.74, 6) is -0.660. The maximum Gasteiger partial charge on any atom is 0.305 e. The molecule has 0 fully saturated rings. The van der Waals surface area contributed by atoms with Crippen LogP contribution in [0.3, 0.4) is 0 Å². The molecule has 0 spiro atoms. The van der Waals surface area contributed by atoms with E-state index < -0.39 is 16.4 Å². The molecule has 1 aromatic carbocycles. The zero-order valence-electron chi connectivity index (χ0n) is 11.0. The highest BCUT2D eigenvalue weighted by Crippen LogP contribution is 2.22. The second kappa shape index (κ2) is 6.14. The van der Waals surface area contributed by atoms with Crippen LogP contribution in [0.1, 0.15) is 19.0 Å². The molecule has 0 aliphatic rings. The molecule has 0 unspecified atom stereocenters. The number of halogens is 1. The molecule has 0 bridgehead atoms. The number of rotatable bonds is 6. The monoisotopic (exact) mass is 279 g/mol. The Morgan fingerprint density at radius 3 is 2.95 bits per heavy atom. The molecule has 106 valence electrons. The molecule has 0 saturated carbocycles. The summed E-state index contributed by atoms with van der Waals surface area (Å²) in [7, 11) is 0. The first kappa shape index (κ1) is 14.0. The average molecular weight is 279 g/mol. The Morgan fingerprint density at radius 1 is 1.50 bits per heavy atom. The van der Waals surface area contributed by atoms with Crippen LogP contribution < -0.4 is 4.74 Å². The molecular formula is C13H14FN3O3. The molecule has 0 aliphatic heterocycles. The summed E-state index contributed by atoms with van der Waals surface area (Å²) in [5.41, 5.74) is 0.305. The Labute approximate surface area is 115 Å². The average Bonchev–Trinajstić information content (AvgIpc) is 2.84. The zero-order chi connectivity index (χ0) is 14.5. The number of aryl methyl sites for hydroxylation is 1. The van der Waals surface area contributed by atoms with Gasteiger partial charge < -0.3 is 9.30 Å². The van der Waals surface area contributed by atoms with Crippen molar-refractivity contribution >= 4 is 5.69 Å². The number of ether oxygens (including phenoxy) is 1. The van der Waals surface area contributed by atoms with Gasteiger partial charge in [-0.15, -0.1) is 0 Å². The summed E-state index contributed by atoms with van der Waals surface area (Å²) in [4.78, 5) is 13.8. The summed E-state index contributed by atoms with van der Waals surface area (Å²) in [6, 6.07) is 3.48. The zero-order valence-corrected chi connectivity index (χ0v) is 11.0. The van der Waals surface area contributed by atoms with Crippen LogP contribution in [0.4, 0.5) is 10.1 Å². The molecule has 0 N–H and O–H groups in total. The predicted octanol–water partition coefficient (Wildman–Crippen LogP) is 2.92. The van der Waals surface area contributed by atoms with Crippen molar-refractivity contribution in [3.63, 3.8) is 0 Å². The minimum absolute atomic E-state index is 0.233. The number of nitro benzene ring substituents is 1. The van der Waals surface area contributed by atoms with Gasteiger partial charge in [-0.2, -0.15) is 4.39 Å². The molecule has 20 heavy (non-hydrogen) atoms. The number of imidazole rings is 1. The Hall–Kier alpha value is -2.44. The molecule has 7 heteroatoms. The van der Waals surface area contributed by atoms with Gasteiger partial charge in [0.15, 0.2) is 0 Å². The molecule has 2 aromatic rings. The van der Waals surface area contributed by atoms with Gasteiger partial charge in [0.1, 0.15) is 12.4 Å². The Bertz CT molecular complexity index is 613. The minimum Gasteiger partial charge on any atom is -0.487 e. The third-order valence-electron chi connectivity index (χ3n) is 2.77. The van der Waals surface area contributed by atoms with Crippen molar-refractivity contribution in [2.24, 2.45) is 0 Å². The van der Waals surface area contributed by atoms with Crippen LogP contribution in [0.2, 0.25) is 0 Å². The third kappa shape index (κ3) is 3.11. The molecule has 0 amide bonds. The first-order chi connectivity index (χ1) is 9.61. The fourth-order valence-corrected chi connectivity index (χ4v) is 1.79. The van der Waals surface area contributed by atoms with Gasteiger partial charge in [-0.05, 0) is 12.5 Å². The lowest BCUT2D eigenvalue weighted by Crippen LogP contribution is -2.05. The molecule has 1 aromatic heterocycles. The fraction of sp³-hybridized carbons (Fsp3) is 0.308. The number of hydrogen-bond acceptors (Lipinski definition) is 4. The summed E-state index contributed by atoms with van der Waals surface area (Å²) in [6.07, 6.45) is 4.35. The van der Waals surface area contributed by atoms with E-state index in [1.165, 1.54) is 6.07 Å². The van der Waals surface area contributed by atoms with Gasteiger partial charge in [0.25, 0.3) is 0 Å². The number of benzene rings is 1. The molecule has 0 saturated heterocycles. The van der Waals surface area contributed by atoms with Crippen molar-refractivity contribution in [2.75, 3.05) is 0 Å². The van der Waals surface area contributed by atoms with Crippen LogP contribution in [0.25, 0.3) is 0 Å². The largest absolute Gasteiger partial charge is 0.487 e. The van der Waals surface area contributed by atoms with Crippen molar-refractivity contribution in [3.05, 3.63) is 52.3 Å².